The number of carbonyl (C=O) groups is 1. The lowest BCUT2D eigenvalue weighted by Crippen LogP contribution is -2.14. The standard InChI is InChI=1S/C21H21NO/c1-15(2)17-12-10-16(11-13-17)14-21(23)22-20-9-5-7-18-6-3-4-8-19(18)20/h3-13,15H,14H2,1-2H3,(H,22,23). The van der Waals surface area contributed by atoms with Crippen molar-refractivity contribution in [3.8, 4) is 0 Å². The molecule has 0 spiro atoms. The van der Waals surface area contributed by atoms with Crippen LogP contribution in [0.4, 0.5) is 5.69 Å². The van der Waals surface area contributed by atoms with E-state index in [9.17, 15) is 4.79 Å². The molecule has 0 aliphatic rings. The molecule has 0 aliphatic carbocycles. The Morgan fingerprint density at radius 2 is 1.61 bits per heavy atom. The molecule has 0 atom stereocenters. The molecule has 23 heavy (non-hydrogen) atoms. The summed E-state index contributed by atoms with van der Waals surface area (Å²) in [7, 11) is 0. The van der Waals surface area contributed by atoms with Crippen molar-refractivity contribution in [1.82, 2.24) is 0 Å². The first-order valence-corrected chi connectivity index (χ1v) is 8.00. The van der Waals surface area contributed by atoms with Gasteiger partial charge < -0.3 is 5.32 Å². The molecule has 0 saturated carbocycles. The maximum atomic E-state index is 12.3. The van der Waals surface area contributed by atoms with Gasteiger partial charge in [0.05, 0.1) is 6.42 Å². The highest BCUT2D eigenvalue weighted by Gasteiger charge is 2.07. The highest BCUT2D eigenvalue weighted by Crippen LogP contribution is 2.23. The number of anilines is 1. The van der Waals surface area contributed by atoms with Gasteiger partial charge >= 0.3 is 0 Å². The molecule has 0 radical (unpaired) electrons. The smallest absolute Gasteiger partial charge is 0.228 e. The van der Waals surface area contributed by atoms with Crippen molar-refractivity contribution in [1.29, 1.82) is 0 Å². The van der Waals surface area contributed by atoms with Crippen LogP contribution in [0.2, 0.25) is 0 Å². The van der Waals surface area contributed by atoms with Gasteiger partial charge in [0.25, 0.3) is 0 Å². The number of rotatable bonds is 4. The fourth-order valence-electron chi connectivity index (χ4n) is 2.73. The van der Waals surface area contributed by atoms with Crippen molar-refractivity contribution >= 4 is 22.4 Å². The Morgan fingerprint density at radius 3 is 2.35 bits per heavy atom. The van der Waals surface area contributed by atoms with Crippen molar-refractivity contribution in [2.45, 2.75) is 26.2 Å². The second kappa shape index (κ2) is 6.66. The molecular formula is C21H21NO. The van der Waals surface area contributed by atoms with E-state index in [1.165, 1.54) is 5.56 Å². The Morgan fingerprint density at radius 1 is 0.913 bits per heavy atom. The zero-order chi connectivity index (χ0) is 16.2. The minimum absolute atomic E-state index is 0.0126. The van der Waals surface area contributed by atoms with Gasteiger partial charge in [-0.1, -0.05) is 74.5 Å². The molecule has 3 rings (SSSR count). The number of fused-ring (bicyclic) bond motifs is 1. The zero-order valence-corrected chi connectivity index (χ0v) is 13.5. The number of nitrogens with one attached hydrogen (secondary N) is 1. The van der Waals surface area contributed by atoms with Gasteiger partial charge in [-0.05, 0) is 28.5 Å². The van der Waals surface area contributed by atoms with Crippen LogP contribution >= 0.6 is 0 Å². The number of hydrogen-bond acceptors (Lipinski definition) is 1. The molecular weight excluding hydrogens is 282 g/mol. The van der Waals surface area contributed by atoms with E-state index >= 15 is 0 Å². The molecule has 1 N–H and O–H groups in total. The molecule has 0 bridgehead atoms. The third-order valence-electron chi connectivity index (χ3n) is 4.07. The van der Waals surface area contributed by atoms with E-state index in [4.69, 9.17) is 0 Å². The molecule has 0 fully saturated rings. The van der Waals surface area contributed by atoms with Crippen LogP contribution < -0.4 is 5.32 Å². The quantitative estimate of drug-likeness (QED) is 0.710. The fourth-order valence-corrected chi connectivity index (χ4v) is 2.73. The summed E-state index contributed by atoms with van der Waals surface area (Å²) >= 11 is 0. The number of hydrogen-bond donors (Lipinski definition) is 1. The van der Waals surface area contributed by atoms with E-state index in [-0.39, 0.29) is 5.91 Å². The van der Waals surface area contributed by atoms with Crippen molar-refractivity contribution in [3.63, 3.8) is 0 Å². The second-order valence-corrected chi connectivity index (χ2v) is 6.15. The molecule has 0 heterocycles. The zero-order valence-electron chi connectivity index (χ0n) is 13.5. The van der Waals surface area contributed by atoms with Crippen LogP contribution in [0, 0.1) is 0 Å². The van der Waals surface area contributed by atoms with Crippen LogP contribution in [0.5, 0.6) is 0 Å². The van der Waals surface area contributed by atoms with Gasteiger partial charge in [0, 0.05) is 11.1 Å². The summed E-state index contributed by atoms with van der Waals surface area (Å²) in [6, 6.07) is 22.3. The molecule has 1 amide bonds. The first-order valence-electron chi connectivity index (χ1n) is 8.00. The fraction of sp³-hybridized carbons (Fsp3) is 0.190. The predicted octanol–water partition coefficient (Wildman–Crippen LogP) is 5.14. The molecule has 0 aliphatic heterocycles. The second-order valence-electron chi connectivity index (χ2n) is 6.15. The minimum Gasteiger partial charge on any atom is -0.325 e. The normalized spacial score (nSPS) is 10.9. The Kier molecular flexibility index (Phi) is 4.42. The van der Waals surface area contributed by atoms with E-state index in [0.717, 1.165) is 22.0 Å². The van der Waals surface area contributed by atoms with E-state index in [1.54, 1.807) is 0 Å². The number of amides is 1. The molecule has 116 valence electrons. The van der Waals surface area contributed by atoms with Crippen molar-refractivity contribution in [3.05, 3.63) is 77.9 Å². The minimum atomic E-state index is 0.0126. The Hall–Kier alpha value is -2.61. The maximum absolute atomic E-state index is 12.3. The number of benzene rings is 3. The van der Waals surface area contributed by atoms with Crippen LogP contribution in [-0.2, 0) is 11.2 Å². The third kappa shape index (κ3) is 3.59. The summed E-state index contributed by atoms with van der Waals surface area (Å²) in [5.74, 6) is 0.521. The van der Waals surface area contributed by atoms with Crippen LogP contribution in [0.25, 0.3) is 10.8 Å². The SMILES string of the molecule is CC(C)c1ccc(CC(=O)Nc2cccc3ccccc23)cc1. The molecule has 0 saturated heterocycles. The molecule has 3 aromatic rings. The van der Waals surface area contributed by atoms with E-state index in [0.29, 0.717) is 12.3 Å². The Balaban J connectivity index is 1.73. The molecule has 2 heteroatoms. The first kappa shape index (κ1) is 15.3. The van der Waals surface area contributed by atoms with Crippen LogP contribution in [-0.4, -0.2) is 5.91 Å². The monoisotopic (exact) mass is 303 g/mol. The number of carbonyl (C=O) groups excluding carboxylic acids is 1. The van der Waals surface area contributed by atoms with Crippen LogP contribution in [0.3, 0.4) is 0 Å². The Labute approximate surface area is 137 Å². The topological polar surface area (TPSA) is 29.1 Å². The lowest BCUT2D eigenvalue weighted by atomic mass is 10.0. The van der Waals surface area contributed by atoms with Gasteiger partial charge in [-0.2, -0.15) is 0 Å². The van der Waals surface area contributed by atoms with Crippen molar-refractivity contribution in [2.75, 3.05) is 5.32 Å². The summed E-state index contributed by atoms with van der Waals surface area (Å²) < 4.78 is 0. The lowest BCUT2D eigenvalue weighted by Gasteiger charge is -2.10. The molecule has 2 nitrogen and oxygen atoms in total. The Bertz CT molecular complexity index is 813. The molecule has 0 unspecified atom stereocenters. The lowest BCUT2D eigenvalue weighted by molar-refractivity contribution is -0.115. The average molecular weight is 303 g/mol. The van der Waals surface area contributed by atoms with Crippen LogP contribution in [0.1, 0.15) is 30.9 Å². The summed E-state index contributed by atoms with van der Waals surface area (Å²) in [6.45, 7) is 4.34. The summed E-state index contributed by atoms with van der Waals surface area (Å²) in [6.07, 6.45) is 0.390. The predicted molar refractivity (Wildman–Crippen MR) is 96.8 cm³/mol. The van der Waals surface area contributed by atoms with E-state index in [2.05, 4.69) is 43.4 Å². The highest BCUT2D eigenvalue weighted by atomic mass is 16.1. The van der Waals surface area contributed by atoms with E-state index in [1.807, 2.05) is 42.5 Å². The molecule has 0 aromatic heterocycles. The summed E-state index contributed by atoms with van der Waals surface area (Å²) in [5, 5.41) is 5.23. The molecule has 3 aromatic carbocycles. The summed E-state index contributed by atoms with van der Waals surface area (Å²) in [5.41, 5.74) is 3.20. The third-order valence-corrected chi connectivity index (χ3v) is 4.07. The van der Waals surface area contributed by atoms with Gasteiger partial charge in [0.1, 0.15) is 0 Å². The van der Waals surface area contributed by atoms with E-state index < -0.39 is 0 Å². The van der Waals surface area contributed by atoms with Crippen molar-refractivity contribution in [2.24, 2.45) is 0 Å². The highest BCUT2D eigenvalue weighted by molar-refractivity contribution is 6.02. The van der Waals surface area contributed by atoms with Gasteiger partial charge in [0.2, 0.25) is 5.91 Å². The summed E-state index contributed by atoms with van der Waals surface area (Å²) in [4.78, 5) is 12.3. The van der Waals surface area contributed by atoms with Gasteiger partial charge in [0.15, 0.2) is 0 Å². The average Bonchev–Trinajstić information content (AvgIpc) is 2.55. The van der Waals surface area contributed by atoms with Gasteiger partial charge in [-0.25, -0.2) is 0 Å². The maximum Gasteiger partial charge on any atom is 0.228 e. The largest absolute Gasteiger partial charge is 0.325 e. The van der Waals surface area contributed by atoms with Crippen molar-refractivity contribution < 1.29 is 4.79 Å². The van der Waals surface area contributed by atoms with Gasteiger partial charge in [-0.3, -0.25) is 4.79 Å². The van der Waals surface area contributed by atoms with Gasteiger partial charge in [-0.15, -0.1) is 0 Å². The first-order chi connectivity index (χ1) is 11.1. The van der Waals surface area contributed by atoms with Crippen LogP contribution in [0.15, 0.2) is 66.7 Å².